The van der Waals surface area contributed by atoms with Crippen LogP contribution in [0, 0.1) is 5.92 Å². The molecule has 0 bridgehead atoms. The summed E-state index contributed by atoms with van der Waals surface area (Å²) in [6.07, 6.45) is 1.50. The first-order valence-corrected chi connectivity index (χ1v) is 9.56. The predicted molar refractivity (Wildman–Crippen MR) is 80.5 cm³/mol. The van der Waals surface area contributed by atoms with Crippen LogP contribution in [0.3, 0.4) is 0 Å². The highest BCUT2D eigenvalue weighted by Gasteiger charge is 2.39. The molecule has 0 aromatic rings. The van der Waals surface area contributed by atoms with Crippen molar-refractivity contribution in [3.8, 4) is 0 Å². The molecular formula is C14H30O5Si. The van der Waals surface area contributed by atoms with Gasteiger partial charge in [-0.25, -0.2) is 0 Å². The van der Waals surface area contributed by atoms with Crippen molar-refractivity contribution < 1.29 is 22.8 Å². The summed E-state index contributed by atoms with van der Waals surface area (Å²) in [5, 5.41) is 0. The zero-order chi connectivity index (χ0) is 15.4. The molecule has 0 radical (unpaired) electrons. The fraction of sp³-hybridized carbons (Fsp3) is 0.929. The van der Waals surface area contributed by atoms with Gasteiger partial charge in [0.25, 0.3) is 0 Å². The lowest BCUT2D eigenvalue weighted by Crippen LogP contribution is -2.46. The number of carbonyl (C=O) groups is 1. The quantitative estimate of drug-likeness (QED) is 0.315. The molecule has 0 saturated carbocycles. The van der Waals surface area contributed by atoms with Crippen LogP contribution in [0.25, 0.3) is 0 Å². The summed E-state index contributed by atoms with van der Waals surface area (Å²) in [7, 11) is -2.59. The molecule has 0 rings (SSSR count). The van der Waals surface area contributed by atoms with Gasteiger partial charge in [-0.15, -0.1) is 0 Å². The van der Waals surface area contributed by atoms with E-state index in [0.717, 1.165) is 6.42 Å². The first kappa shape index (κ1) is 19.6. The van der Waals surface area contributed by atoms with E-state index in [0.29, 0.717) is 38.9 Å². The summed E-state index contributed by atoms with van der Waals surface area (Å²) in [6.45, 7) is 11.8. The largest absolute Gasteiger partial charge is 0.501 e. The highest BCUT2D eigenvalue weighted by molar-refractivity contribution is 6.60. The van der Waals surface area contributed by atoms with Gasteiger partial charge in [0.15, 0.2) is 0 Å². The zero-order valence-corrected chi connectivity index (χ0v) is 14.6. The molecule has 0 spiro atoms. The van der Waals surface area contributed by atoms with Crippen molar-refractivity contribution in [3.63, 3.8) is 0 Å². The second kappa shape index (κ2) is 11.3. The summed E-state index contributed by atoms with van der Waals surface area (Å²) in [6, 6.07) is 0.677. The third kappa shape index (κ3) is 7.38. The standard InChI is InChI=1S/C14H30O5Si/c1-6-13(5)14(15)16-11-10-12-20(17-7-2,18-8-3)19-9-4/h13H,6-12H2,1-5H3. The van der Waals surface area contributed by atoms with Crippen LogP contribution < -0.4 is 0 Å². The van der Waals surface area contributed by atoms with E-state index in [9.17, 15) is 4.79 Å². The van der Waals surface area contributed by atoms with Crippen LogP contribution in [0.15, 0.2) is 0 Å². The third-order valence-electron chi connectivity index (χ3n) is 2.98. The second-order valence-electron chi connectivity index (χ2n) is 4.56. The van der Waals surface area contributed by atoms with Crippen LogP contribution in [0.1, 0.15) is 47.5 Å². The van der Waals surface area contributed by atoms with Gasteiger partial charge in [0.2, 0.25) is 0 Å². The maximum Gasteiger partial charge on any atom is 0.501 e. The molecule has 0 aliphatic heterocycles. The van der Waals surface area contributed by atoms with Crippen LogP contribution in [0.4, 0.5) is 0 Å². The van der Waals surface area contributed by atoms with Gasteiger partial charge in [-0.3, -0.25) is 4.79 Å². The molecule has 0 saturated heterocycles. The molecule has 120 valence electrons. The predicted octanol–water partition coefficient (Wildman–Crippen LogP) is 3.01. The van der Waals surface area contributed by atoms with Gasteiger partial charge in [-0.1, -0.05) is 13.8 Å². The van der Waals surface area contributed by atoms with Crippen molar-refractivity contribution in [3.05, 3.63) is 0 Å². The Morgan fingerprint density at radius 3 is 1.90 bits per heavy atom. The first-order chi connectivity index (χ1) is 9.55. The van der Waals surface area contributed by atoms with Crippen molar-refractivity contribution >= 4 is 14.8 Å². The number of esters is 1. The molecule has 6 heteroatoms. The van der Waals surface area contributed by atoms with Crippen molar-refractivity contribution in [2.75, 3.05) is 26.4 Å². The highest BCUT2D eigenvalue weighted by atomic mass is 28.4. The molecule has 0 fully saturated rings. The topological polar surface area (TPSA) is 54.0 Å². The maximum absolute atomic E-state index is 11.6. The Hall–Kier alpha value is -0.433. The minimum absolute atomic E-state index is 0.0392. The van der Waals surface area contributed by atoms with E-state index in [2.05, 4.69) is 0 Å². The van der Waals surface area contributed by atoms with Crippen LogP contribution >= 0.6 is 0 Å². The van der Waals surface area contributed by atoms with E-state index in [1.165, 1.54) is 0 Å². The van der Waals surface area contributed by atoms with Gasteiger partial charge in [0.05, 0.1) is 12.5 Å². The van der Waals surface area contributed by atoms with E-state index in [4.69, 9.17) is 18.0 Å². The summed E-state index contributed by atoms with van der Waals surface area (Å²) in [4.78, 5) is 11.6. The molecule has 5 nitrogen and oxygen atoms in total. The van der Waals surface area contributed by atoms with E-state index in [-0.39, 0.29) is 11.9 Å². The Morgan fingerprint density at radius 1 is 1.00 bits per heavy atom. The molecular weight excluding hydrogens is 276 g/mol. The Morgan fingerprint density at radius 2 is 1.50 bits per heavy atom. The summed E-state index contributed by atoms with van der Waals surface area (Å²) >= 11 is 0. The van der Waals surface area contributed by atoms with E-state index in [1.54, 1.807) is 0 Å². The van der Waals surface area contributed by atoms with E-state index < -0.39 is 8.80 Å². The van der Waals surface area contributed by atoms with Crippen molar-refractivity contribution in [2.24, 2.45) is 5.92 Å². The lowest BCUT2D eigenvalue weighted by Gasteiger charge is -2.28. The Bertz CT molecular complexity index is 243. The van der Waals surface area contributed by atoms with Crippen LogP contribution in [-0.4, -0.2) is 41.2 Å². The molecule has 0 aromatic heterocycles. The Kier molecular flexibility index (Phi) is 11.0. The van der Waals surface area contributed by atoms with Crippen molar-refractivity contribution in [1.29, 1.82) is 0 Å². The summed E-state index contributed by atoms with van der Waals surface area (Å²) in [5.41, 5.74) is 0. The number of rotatable bonds is 12. The summed E-state index contributed by atoms with van der Waals surface area (Å²) < 4.78 is 22.5. The fourth-order valence-corrected chi connectivity index (χ4v) is 4.35. The van der Waals surface area contributed by atoms with Gasteiger partial charge in [0.1, 0.15) is 0 Å². The van der Waals surface area contributed by atoms with Crippen molar-refractivity contribution in [1.82, 2.24) is 0 Å². The number of ether oxygens (including phenoxy) is 1. The second-order valence-corrected chi connectivity index (χ2v) is 7.29. The molecule has 0 heterocycles. The van der Waals surface area contributed by atoms with Gasteiger partial charge < -0.3 is 18.0 Å². The van der Waals surface area contributed by atoms with Gasteiger partial charge >= 0.3 is 14.8 Å². The fourth-order valence-electron chi connectivity index (χ4n) is 1.77. The molecule has 0 amide bonds. The average molecular weight is 306 g/mol. The zero-order valence-electron chi connectivity index (χ0n) is 13.6. The Labute approximate surface area is 124 Å². The molecule has 1 atom stereocenters. The van der Waals surface area contributed by atoms with Gasteiger partial charge in [-0.2, -0.15) is 0 Å². The van der Waals surface area contributed by atoms with Crippen molar-refractivity contribution in [2.45, 2.75) is 53.5 Å². The minimum Gasteiger partial charge on any atom is -0.465 e. The van der Waals surface area contributed by atoms with E-state index in [1.807, 2.05) is 34.6 Å². The van der Waals surface area contributed by atoms with Gasteiger partial charge in [0, 0.05) is 25.9 Å². The third-order valence-corrected chi connectivity index (χ3v) is 6.13. The molecule has 1 unspecified atom stereocenters. The van der Waals surface area contributed by atoms with Gasteiger partial charge in [-0.05, 0) is 33.6 Å². The Balaban J connectivity index is 4.21. The number of hydrogen-bond donors (Lipinski definition) is 0. The minimum atomic E-state index is -2.59. The molecule has 20 heavy (non-hydrogen) atoms. The van der Waals surface area contributed by atoms with Crippen LogP contribution in [0.5, 0.6) is 0 Å². The number of carbonyl (C=O) groups excluding carboxylic acids is 1. The SMILES string of the molecule is CCO[Si](CCCOC(=O)C(C)CC)(OCC)OCC. The normalized spacial score (nSPS) is 13.2. The average Bonchev–Trinajstić information content (AvgIpc) is 2.43. The maximum atomic E-state index is 11.6. The molecule has 0 aliphatic carbocycles. The first-order valence-electron chi connectivity index (χ1n) is 7.63. The number of hydrogen-bond acceptors (Lipinski definition) is 5. The lowest BCUT2D eigenvalue weighted by atomic mass is 10.1. The van der Waals surface area contributed by atoms with Crippen LogP contribution in [0.2, 0.25) is 6.04 Å². The molecule has 0 N–H and O–H groups in total. The molecule has 0 aliphatic rings. The van der Waals surface area contributed by atoms with Crippen LogP contribution in [-0.2, 0) is 22.8 Å². The molecule has 0 aromatic carbocycles. The monoisotopic (exact) mass is 306 g/mol. The summed E-state index contributed by atoms with van der Waals surface area (Å²) in [5.74, 6) is -0.174. The lowest BCUT2D eigenvalue weighted by molar-refractivity contribution is -0.148. The smallest absolute Gasteiger partial charge is 0.465 e. The van der Waals surface area contributed by atoms with E-state index >= 15 is 0 Å². The highest BCUT2D eigenvalue weighted by Crippen LogP contribution is 2.18.